The van der Waals surface area contributed by atoms with Crippen LogP contribution < -0.4 is 15.4 Å². The lowest BCUT2D eigenvalue weighted by atomic mass is 10.1. The van der Waals surface area contributed by atoms with Crippen LogP contribution in [0.25, 0.3) is 0 Å². The first-order chi connectivity index (χ1) is 14.0. The van der Waals surface area contributed by atoms with Gasteiger partial charge in [0.1, 0.15) is 17.7 Å². The maximum Gasteiger partial charge on any atom is 0.224 e. The predicted octanol–water partition coefficient (Wildman–Crippen LogP) is 2.79. The maximum atomic E-state index is 13.0. The topological polar surface area (TPSA) is 66.0 Å². The number of hydrogen-bond donors (Lipinski definition) is 2. The number of nitrogens with zero attached hydrogens (tertiary/aromatic N) is 2. The molecule has 8 heteroatoms. The summed E-state index contributed by atoms with van der Waals surface area (Å²) in [5, 5.41) is 8.44. The van der Waals surface area contributed by atoms with Crippen LogP contribution in [0.15, 0.2) is 40.7 Å². The van der Waals surface area contributed by atoms with E-state index >= 15 is 0 Å². The number of carbonyl (C=O) groups is 1. The Morgan fingerprint density at radius 1 is 1.31 bits per heavy atom. The summed E-state index contributed by atoms with van der Waals surface area (Å²) in [4.78, 5) is 20.0. The van der Waals surface area contributed by atoms with Crippen molar-refractivity contribution < 1.29 is 13.9 Å². The number of fused-ring (bicyclic) bond motifs is 1. The molecule has 1 amide bonds. The molecule has 0 fully saturated rings. The van der Waals surface area contributed by atoms with E-state index in [2.05, 4.69) is 27.1 Å². The van der Waals surface area contributed by atoms with E-state index in [1.54, 1.807) is 30.5 Å². The highest BCUT2D eigenvalue weighted by Gasteiger charge is 2.21. The number of thiophene rings is 1. The number of nitrogens with one attached hydrogen (secondary N) is 2. The first kappa shape index (κ1) is 21.1. The third kappa shape index (κ3) is 6.19. The zero-order valence-corrected chi connectivity index (χ0v) is 17.6. The van der Waals surface area contributed by atoms with E-state index < -0.39 is 0 Å². The van der Waals surface area contributed by atoms with Crippen molar-refractivity contribution in [3.63, 3.8) is 0 Å². The molecule has 2 N–H and O–H groups in total. The summed E-state index contributed by atoms with van der Waals surface area (Å²) in [5.41, 5.74) is 1.27. The van der Waals surface area contributed by atoms with Gasteiger partial charge in [-0.05, 0) is 54.6 Å². The average Bonchev–Trinajstić information content (AvgIpc) is 3.20. The third-order valence-electron chi connectivity index (χ3n) is 4.72. The van der Waals surface area contributed by atoms with Crippen LogP contribution in [0, 0.1) is 5.82 Å². The Balaban J connectivity index is 1.36. The Hall–Kier alpha value is -2.61. The molecular weight excluding hydrogens is 391 g/mol. The van der Waals surface area contributed by atoms with E-state index in [1.165, 1.54) is 22.6 Å². The molecule has 1 atom stereocenters. The minimum atomic E-state index is -0.289. The standard InChI is InChI=1S/C21H27FN4O2S/c1-15(28-18-5-3-17(22)4-6-18)13-25-21(23-2)24-10-7-20(27)26-11-8-19-16(14-26)9-12-29-19/h3-6,9,12,15H,7-8,10-11,13-14H2,1-2H3,(H2,23,24,25). The Morgan fingerprint density at radius 3 is 2.86 bits per heavy atom. The highest BCUT2D eigenvalue weighted by molar-refractivity contribution is 7.10. The van der Waals surface area contributed by atoms with Crippen LogP contribution in [0.2, 0.25) is 0 Å². The Morgan fingerprint density at radius 2 is 2.10 bits per heavy atom. The van der Waals surface area contributed by atoms with Crippen LogP contribution in [0.3, 0.4) is 0 Å². The highest BCUT2D eigenvalue weighted by atomic mass is 32.1. The lowest BCUT2D eigenvalue weighted by molar-refractivity contribution is -0.131. The van der Waals surface area contributed by atoms with Crippen LogP contribution in [-0.4, -0.2) is 49.6 Å². The van der Waals surface area contributed by atoms with Crippen LogP contribution in [0.4, 0.5) is 4.39 Å². The fourth-order valence-electron chi connectivity index (χ4n) is 3.16. The second-order valence-corrected chi connectivity index (χ2v) is 7.95. The summed E-state index contributed by atoms with van der Waals surface area (Å²) < 4.78 is 18.7. The van der Waals surface area contributed by atoms with Crippen LogP contribution >= 0.6 is 11.3 Å². The van der Waals surface area contributed by atoms with E-state index in [9.17, 15) is 9.18 Å². The molecule has 1 aromatic heterocycles. The lowest BCUT2D eigenvalue weighted by Gasteiger charge is -2.27. The van der Waals surface area contributed by atoms with E-state index in [0.717, 1.165) is 13.0 Å². The Labute approximate surface area is 174 Å². The monoisotopic (exact) mass is 418 g/mol. The van der Waals surface area contributed by atoms with Crippen molar-refractivity contribution in [2.24, 2.45) is 4.99 Å². The molecule has 1 aliphatic rings. The summed E-state index contributed by atoms with van der Waals surface area (Å²) >= 11 is 1.77. The fourth-order valence-corrected chi connectivity index (χ4v) is 4.05. The van der Waals surface area contributed by atoms with Crippen LogP contribution in [-0.2, 0) is 17.8 Å². The molecule has 3 rings (SSSR count). The molecule has 2 aromatic rings. The largest absolute Gasteiger partial charge is 0.489 e. The van der Waals surface area contributed by atoms with Crippen LogP contribution in [0.5, 0.6) is 5.75 Å². The number of aliphatic imine (C=N–C) groups is 1. The van der Waals surface area contributed by atoms with Gasteiger partial charge in [0.25, 0.3) is 0 Å². The van der Waals surface area contributed by atoms with Crippen LogP contribution in [0.1, 0.15) is 23.8 Å². The van der Waals surface area contributed by atoms with Gasteiger partial charge in [-0.3, -0.25) is 9.79 Å². The van der Waals surface area contributed by atoms with E-state index in [-0.39, 0.29) is 17.8 Å². The molecule has 0 saturated carbocycles. The molecule has 2 heterocycles. The van der Waals surface area contributed by atoms with Gasteiger partial charge in [-0.2, -0.15) is 0 Å². The van der Waals surface area contributed by atoms with E-state index in [0.29, 0.717) is 37.8 Å². The molecule has 0 radical (unpaired) electrons. The van der Waals surface area contributed by atoms with E-state index in [1.807, 2.05) is 11.8 Å². The molecule has 1 aromatic carbocycles. The van der Waals surface area contributed by atoms with Gasteiger partial charge in [0, 0.05) is 38.0 Å². The van der Waals surface area contributed by atoms with Crippen molar-refractivity contribution >= 4 is 23.2 Å². The SMILES string of the molecule is CN=C(NCCC(=O)N1CCc2sccc2C1)NCC(C)Oc1ccc(F)cc1. The van der Waals surface area contributed by atoms with Gasteiger partial charge >= 0.3 is 0 Å². The number of halogens is 1. The second-order valence-electron chi connectivity index (χ2n) is 6.95. The van der Waals surface area contributed by atoms with Crippen molar-refractivity contribution in [1.82, 2.24) is 15.5 Å². The third-order valence-corrected chi connectivity index (χ3v) is 5.75. The van der Waals surface area contributed by atoms with Gasteiger partial charge in [-0.25, -0.2) is 4.39 Å². The van der Waals surface area contributed by atoms with E-state index in [4.69, 9.17) is 4.74 Å². The minimum absolute atomic E-state index is 0.131. The molecule has 1 aliphatic heterocycles. The summed E-state index contributed by atoms with van der Waals surface area (Å²) in [6.07, 6.45) is 1.23. The molecule has 1 unspecified atom stereocenters. The minimum Gasteiger partial charge on any atom is -0.489 e. The van der Waals surface area contributed by atoms with Gasteiger partial charge < -0.3 is 20.3 Å². The molecule has 6 nitrogen and oxygen atoms in total. The zero-order valence-electron chi connectivity index (χ0n) is 16.8. The number of hydrogen-bond acceptors (Lipinski definition) is 4. The summed E-state index contributed by atoms with van der Waals surface area (Å²) in [6.45, 7) is 4.46. The average molecular weight is 419 g/mol. The Bertz CT molecular complexity index is 837. The maximum absolute atomic E-state index is 13.0. The van der Waals surface area contributed by atoms with Crippen molar-refractivity contribution in [2.45, 2.75) is 32.4 Å². The van der Waals surface area contributed by atoms with Crippen molar-refractivity contribution in [2.75, 3.05) is 26.7 Å². The van der Waals surface area contributed by atoms with Gasteiger partial charge in [-0.1, -0.05) is 0 Å². The zero-order chi connectivity index (χ0) is 20.6. The normalized spacial score (nSPS) is 14.9. The molecular formula is C21H27FN4O2S. The molecule has 0 aliphatic carbocycles. The van der Waals surface area contributed by atoms with Gasteiger partial charge in [-0.15, -0.1) is 11.3 Å². The number of guanidine groups is 1. The molecule has 156 valence electrons. The fraction of sp³-hybridized carbons (Fsp3) is 0.429. The summed E-state index contributed by atoms with van der Waals surface area (Å²) in [7, 11) is 1.69. The molecule has 0 spiro atoms. The van der Waals surface area contributed by atoms with Gasteiger partial charge in [0.2, 0.25) is 5.91 Å². The smallest absolute Gasteiger partial charge is 0.224 e. The number of amides is 1. The molecule has 29 heavy (non-hydrogen) atoms. The first-order valence-corrected chi connectivity index (χ1v) is 10.6. The van der Waals surface area contributed by atoms with Crippen molar-refractivity contribution in [3.8, 4) is 5.75 Å². The quantitative estimate of drug-likeness (QED) is 0.536. The number of benzene rings is 1. The highest BCUT2D eigenvalue weighted by Crippen LogP contribution is 2.24. The summed E-state index contributed by atoms with van der Waals surface area (Å²) in [5.74, 6) is 1.09. The van der Waals surface area contributed by atoms with Gasteiger partial charge in [0.15, 0.2) is 5.96 Å². The number of rotatable bonds is 7. The molecule has 0 bridgehead atoms. The first-order valence-electron chi connectivity index (χ1n) is 9.75. The second kappa shape index (κ2) is 10.2. The number of carbonyl (C=O) groups excluding carboxylic acids is 1. The Kier molecular flexibility index (Phi) is 7.46. The predicted molar refractivity (Wildman–Crippen MR) is 114 cm³/mol. The molecule has 0 saturated heterocycles. The lowest BCUT2D eigenvalue weighted by Crippen LogP contribution is -2.43. The van der Waals surface area contributed by atoms with Crippen molar-refractivity contribution in [3.05, 3.63) is 52.0 Å². The van der Waals surface area contributed by atoms with Gasteiger partial charge in [0.05, 0.1) is 6.54 Å². The summed E-state index contributed by atoms with van der Waals surface area (Å²) in [6, 6.07) is 8.05. The number of ether oxygens (including phenoxy) is 1. The van der Waals surface area contributed by atoms with Crippen molar-refractivity contribution in [1.29, 1.82) is 0 Å².